The lowest BCUT2D eigenvalue weighted by Crippen LogP contribution is -2.29. The lowest BCUT2D eigenvalue weighted by atomic mass is 9.78. The van der Waals surface area contributed by atoms with Crippen LogP contribution < -0.4 is 0 Å². The van der Waals surface area contributed by atoms with Crippen molar-refractivity contribution in [2.45, 2.75) is 39.2 Å². The zero-order chi connectivity index (χ0) is 8.43. The number of hydrogen-bond donors (Lipinski definition) is 1. The van der Waals surface area contributed by atoms with Gasteiger partial charge in [-0.05, 0) is 31.1 Å². The molecule has 0 heterocycles. The fourth-order valence-corrected chi connectivity index (χ4v) is 1.89. The second-order valence-corrected chi connectivity index (χ2v) is 3.97. The molecule has 2 atom stereocenters. The van der Waals surface area contributed by atoms with Gasteiger partial charge in [0.25, 0.3) is 0 Å². The van der Waals surface area contributed by atoms with Crippen LogP contribution in [0.4, 0.5) is 0 Å². The van der Waals surface area contributed by atoms with E-state index in [-0.39, 0.29) is 6.10 Å². The summed E-state index contributed by atoms with van der Waals surface area (Å²) in [6.45, 7) is 8.26. The summed E-state index contributed by atoms with van der Waals surface area (Å²) in [6, 6.07) is 0. The first-order chi connectivity index (χ1) is 5.11. The molecule has 1 N–H and O–H groups in total. The van der Waals surface area contributed by atoms with E-state index in [9.17, 15) is 5.11 Å². The fourth-order valence-electron chi connectivity index (χ4n) is 1.89. The van der Waals surface area contributed by atoms with E-state index in [1.54, 1.807) is 0 Å². The van der Waals surface area contributed by atoms with Crippen LogP contribution >= 0.6 is 0 Å². The van der Waals surface area contributed by atoms with Crippen molar-refractivity contribution in [3.63, 3.8) is 0 Å². The number of rotatable bonds is 1. The fraction of sp³-hybridized carbons (Fsp3) is 0.800. The predicted octanol–water partition coefficient (Wildman–Crippen LogP) is 2.36. The zero-order valence-electron chi connectivity index (χ0n) is 7.51. The SMILES string of the molecule is C=C1CCC(C(C)C)C(O)C1. The van der Waals surface area contributed by atoms with Gasteiger partial charge in [-0.25, -0.2) is 0 Å². The predicted molar refractivity (Wildman–Crippen MR) is 47.3 cm³/mol. The van der Waals surface area contributed by atoms with Crippen LogP contribution in [0, 0.1) is 11.8 Å². The minimum atomic E-state index is -0.128. The van der Waals surface area contributed by atoms with Crippen molar-refractivity contribution >= 4 is 0 Å². The molecule has 0 aromatic rings. The summed E-state index contributed by atoms with van der Waals surface area (Å²) >= 11 is 0. The molecule has 1 aliphatic rings. The van der Waals surface area contributed by atoms with Crippen molar-refractivity contribution in [2.24, 2.45) is 11.8 Å². The van der Waals surface area contributed by atoms with Gasteiger partial charge in [0.2, 0.25) is 0 Å². The van der Waals surface area contributed by atoms with Gasteiger partial charge in [0, 0.05) is 0 Å². The Morgan fingerprint density at radius 2 is 2.18 bits per heavy atom. The van der Waals surface area contributed by atoms with Crippen LogP contribution in [0.1, 0.15) is 33.1 Å². The molecule has 1 rings (SSSR count). The van der Waals surface area contributed by atoms with Crippen molar-refractivity contribution in [1.82, 2.24) is 0 Å². The maximum Gasteiger partial charge on any atom is 0.0607 e. The summed E-state index contributed by atoms with van der Waals surface area (Å²) in [6.07, 6.45) is 2.93. The maximum atomic E-state index is 9.65. The second kappa shape index (κ2) is 3.40. The molecule has 2 unspecified atom stereocenters. The first-order valence-electron chi connectivity index (χ1n) is 4.46. The van der Waals surface area contributed by atoms with Crippen LogP contribution in [0.5, 0.6) is 0 Å². The van der Waals surface area contributed by atoms with Gasteiger partial charge in [0.1, 0.15) is 0 Å². The van der Waals surface area contributed by atoms with Crippen LogP contribution in [0.2, 0.25) is 0 Å². The van der Waals surface area contributed by atoms with Crippen LogP contribution in [0.3, 0.4) is 0 Å². The maximum absolute atomic E-state index is 9.65. The third kappa shape index (κ3) is 2.06. The lowest BCUT2D eigenvalue weighted by Gasteiger charge is -2.31. The van der Waals surface area contributed by atoms with Gasteiger partial charge < -0.3 is 5.11 Å². The van der Waals surface area contributed by atoms with E-state index in [0.29, 0.717) is 11.8 Å². The summed E-state index contributed by atoms with van der Waals surface area (Å²) in [5, 5.41) is 9.65. The Balaban J connectivity index is 2.50. The zero-order valence-corrected chi connectivity index (χ0v) is 7.51. The van der Waals surface area contributed by atoms with Gasteiger partial charge in [0.15, 0.2) is 0 Å². The summed E-state index contributed by atoms with van der Waals surface area (Å²) in [4.78, 5) is 0. The molecule has 0 saturated heterocycles. The smallest absolute Gasteiger partial charge is 0.0607 e. The lowest BCUT2D eigenvalue weighted by molar-refractivity contribution is 0.0627. The van der Waals surface area contributed by atoms with Gasteiger partial charge in [-0.1, -0.05) is 26.0 Å². The van der Waals surface area contributed by atoms with Crippen molar-refractivity contribution in [3.05, 3.63) is 12.2 Å². The van der Waals surface area contributed by atoms with Crippen molar-refractivity contribution in [3.8, 4) is 0 Å². The third-order valence-corrected chi connectivity index (χ3v) is 2.68. The highest BCUT2D eigenvalue weighted by Gasteiger charge is 2.26. The molecule has 0 aromatic heterocycles. The van der Waals surface area contributed by atoms with Crippen LogP contribution in [0.15, 0.2) is 12.2 Å². The Kier molecular flexibility index (Phi) is 2.72. The number of aliphatic hydroxyl groups excluding tert-OH is 1. The monoisotopic (exact) mass is 154 g/mol. The summed E-state index contributed by atoms with van der Waals surface area (Å²) in [5.74, 6) is 1.11. The molecule has 64 valence electrons. The highest BCUT2D eigenvalue weighted by Crippen LogP contribution is 2.32. The highest BCUT2D eigenvalue weighted by atomic mass is 16.3. The molecule has 1 fully saturated rings. The summed E-state index contributed by atoms with van der Waals surface area (Å²) in [5.41, 5.74) is 1.22. The van der Waals surface area contributed by atoms with Gasteiger partial charge in [0.05, 0.1) is 6.10 Å². The standard InChI is InChI=1S/C10H18O/c1-7(2)9-5-4-8(3)6-10(9)11/h7,9-11H,3-6H2,1-2H3. The molecule has 0 spiro atoms. The third-order valence-electron chi connectivity index (χ3n) is 2.68. The molecule has 0 aromatic carbocycles. The van der Waals surface area contributed by atoms with E-state index >= 15 is 0 Å². The Bertz CT molecular complexity index is 149. The average Bonchev–Trinajstić information content (AvgIpc) is 1.85. The molecule has 1 aliphatic carbocycles. The minimum Gasteiger partial charge on any atom is -0.392 e. The van der Waals surface area contributed by atoms with E-state index < -0.39 is 0 Å². The first kappa shape index (κ1) is 8.79. The molecule has 0 radical (unpaired) electrons. The molecule has 1 saturated carbocycles. The van der Waals surface area contributed by atoms with Crippen molar-refractivity contribution < 1.29 is 5.11 Å². The molecule has 11 heavy (non-hydrogen) atoms. The van der Waals surface area contributed by atoms with Crippen LogP contribution in [-0.2, 0) is 0 Å². The van der Waals surface area contributed by atoms with E-state index in [2.05, 4.69) is 20.4 Å². The largest absolute Gasteiger partial charge is 0.392 e. The minimum absolute atomic E-state index is 0.128. The number of aliphatic hydroxyl groups is 1. The van der Waals surface area contributed by atoms with Crippen molar-refractivity contribution in [2.75, 3.05) is 0 Å². The highest BCUT2D eigenvalue weighted by molar-refractivity contribution is 5.02. The van der Waals surface area contributed by atoms with E-state index in [4.69, 9.17) is 0 Å². The molecule has 0 amide bonds. The van der Waals surface area contributed by atoms with Gasteiger partial charge in [-0.2, -0.15) is 0 Å². The number of hydrogen-bond acceptors (Lipinski definition) is 1. The topological polar surface area (TPSA) is 20.2 Å². The van der Waals surface area contributed by atoms with Gasteiger partial charge in [-0.15, -0.1) is 0 Å². The summed E-state index contributed by atoms with van der Waals surface area (Å²) < 4.78 is 0. The van der Waals surface area contributed by atoms with Crippen molar-refractivity contribution in [1.29, 1.82) is 0 Å². The van der Waals surface area contributed by atoms with Gasteiger partial charge >= 0.3 is 0 Å². The average molecular weight is 154 g/mol. The van der Waals surface area contributed by atoms with E-state index in [1.165, 1.54) is 5.57 Å². The quantitative estimate of drug-likeness (QED) is 0.575. The molecular weight excluding hydrogens is 136 g/mol. The second-order valence-electron chi connectivity index (χ2n) is 3.97. The Hall–Kier alpha value is -0.300. The van der Waals surface area contributed by atoms with Crippen LogP contribution in [-0.4, -0.2) is 11.2 Å². The van der Waals surface area contributed by atoms with Crippen LogP contribution in [0.25, 0.3) is 0 Å². The van der Waals surface area contributed by atoms with E-state index in [0.717, 1.165) is 19.3 Å². The summed E-state index contributed by atoms with van der Waals surface area (Å²) in [7, 11) is 0. The normalized spacial score (nSPS) is 32.9. The Labute approximate surface area is 69.1 Å². The molecule has 0 bridgehead atoms. The van der Waals surface area contributed by atoms with Gasteiger partial charge in [-0.3, -0.25) is 0 Å². The van der Waals surface area contributed by atoms with E-state index in [1.807, 2.05) is 0 Å². The molecule has 1 heteroatoms. The Morgan fingerprint density at radius 3 is 2.64 bits per heavy atom. The first-order valence-corrected chi connectivity index (χ1v) is 4.46. The molecule has 1 nitrogen and oxygen atoms in total. The Morgan fingerprint density at radius 1 is 1.55 bits per heavy atom. The molecular formula is C10H18O. The molecule has 0 aliphatic heterocycles.